The van der Waals surface area contributed by atoms with E-state index in [1.165, 1.54) is 16.0 Å². The smallest absolute Gasteiger partial charge is 0.261 e. The van der Waals surface area contributed by atoms with E-state index in [1.54, 1.807) is 36.6 Å². The highest BCUT2D eigenvalue weighted by molar-refractivity contribution is 7.14. The Morgan fingerprint density at radius 2 is 2.20 bits per heavy atom. The molecule has 1 heterocycles. The molecule has 1 aromatic carbocycles. The molecule has 1 amide bonds. The molecule has 1 fully saturated rings. The lowest BCUT2D eigenvalue weighted by Crippen LogP contribution is -2.23. The average molecular weight is 357 g/mol. The molecule has 25 heavy (non-hydrogen) atoms. The maximum Gasteiger partial charge on any atom is 0.261 e. The molecule has 0 unspecified atom stereocenters. The molecule has 0 spiro atoms. The second kappa shape index (κ2) is 5.49. The van der Waals surface area contributed by atoms with E-state index in [9.17, 15) is 9.90 Å². The van der Waals surface area contributed by atoms with Gasteiger partial charge in [-0.25, -0.2) is 0 Å². The number of carbonyl (C=O) groups is 1. The van der Waals surface area contributed by atoms with Crippen molar-refractivity contribution in [3.8, 4) is 11.5 Å². The molecule has 1 aromatic heterocycles. The number of hydrogen-bond donors (Lipinski definition) is 2. The van der Waals surface area contributed by atoms with Crippen molar-refractivity contribution < 1.29 is 14.6 Å². The molecule has 2 atom stereocenters. The van der Waals surface area contributed by atoms with Crippen molar-refractivity contribution in [2.75, 3.05) is 7.11 Å². The fraction of sp³-hybridized carbons (Fsp3) is 0.450. The number of aromatic hydroxyl groups is 1. The van der Waals surface area contributed by atoms with Crippen LogP contribution in [0.2, 0.25) is 0 Å². The van der Waals surface area contributed by atoms with Gasteiger partial charge in [0.15, 0.2) is 0 Å². The van der Waals surface area contributed by atoms with E-state index < -0.39 is 0 Å². The van der Waals surface area contributed by atoms with Gasteiger partial charge >= 0.3 is 0 Å². The molecular weight excluding hydrogens is 334 g/mol. The fourth-order valence-corrected chi connectivity index (χ4v) is 5.60. The first kappa shape index (κ1) is 16.5. The molecule has 0 bridgehead atoms. The van der Waals surface area contributed by atoms with Crippen LogP contribution < -0.4 is 10.1 Å². The number of fused-ring (bicyclic) bond motifs is 3. The van der Waals surface area contributed by atoms with Gasteiger partial charge < -0.3 is 15.2 Å². The summed E-state index contributed by atoms with van der Waals surface area (Å²) < 4.78 is 5.28. The third-order valence-electron chi connectivity index (χ3n) is 5.94. The molecule has 0 saturated heterocycles. The number of benzene rings is 1. The minimum Gasteiger partial charge on any atom is -0.508 e. The lowest BCUT2D eigenvalue weighted by molar-refractivity contribution is 0.0953. The van der Waals surface area contributed by atoms with Crippen LogP contribution in [0, 0.1) is 18.3 Å². The summed E-state index contributed by atoms with van der Waals surface area (Å²) in [5, 5.41) is 12.6. The van der Waals surface area contributed by atoms with Crippen LogP contribution >= 0.6 is 11.3 Å². The highest BCUT2D eigenvalue weighted by Crippen LogP contribution is 2.71. The topological polar surface area (TPSA) is 58.6 Å². The second-order valence-corrected chi connectivity index (χ2v) is 8.89. The molecule has 1 saturated carbocycles. The molecule has 2 aliphatic rings. The molecule has 0 radical (unpaired) electrons. The van der Waals surface area contributed by atoms with Gasteiger partial charge in [-0.2, -0.15) is 0 Å². The van der Waals surface area contributed by atoms with Crippen LogP contribution in [0.15, 0.2) is 18.2 Å². The van der Waals surface area contributed by atoms with E-state index >= 15 is 0 Å². The lowest BCUT2D eigenvalue weighted by atomic mass is 9.95. The van der Waals surface area contributed by atoms with Gasteiger partial charge in [-0.3, -0.25) is 4.79 Å². The van der Waals surface area contributed by atoms with E-state index in [1.807, 2.05) is 0 Å². The van der Waals surface area contributed by atoms with Crippen molar-refractivity contribution in [3.05, 3.63) is 44.6 Å². The van der Waals surface area contributed by atoms with E-state index in [-0.39, 0.29) is 11.7 Å². The molecule has 4 nitrogen and oxygen atoms in total. The standard InChI is InChI=1S/C20H23NO3S/c1-10-16-13(8-14-17(16)20(14,2)3)18(25-10)19(23)21-9-11-5-6-12(22)7-15(11)24-4/h5-7,14,17,22H,8-9H2,1-4H3,(H,21,23)/t14-,17-/m1/s1. The Balaban J connectivity index is 1.52. The quantitative estimate of drug-likeness (QED) is 0.870. The van der Waals surface area contributed by atoms with E-state index in [2.05, 4.69) is 26.1 Å². The normalized spacial score (nSPS) is 22.2. The van der Waals surface area contributed by atoms with Gasteiger partial charge in [0.2, 0.25) is 0 Å². The first-order valence-corrected chi connectivity index (χ1v) is 9.42. The number of amides is 1. The molecule has 5 heteroatoms. The predicted molar refractivity (Wildman–Crippen MR) is 98.6 cm³/mol. The highest BCUT2D eigenvalue weighted by Gasteiger charge is 2.63. The zero-order chi connectivity index (χ0) is 17.9. The van der Waals surface area contributed by atoms with E-state index in [0.29, 0.717) is 29.5 Å². The number of phenols is 1. The maximum atomic E-state index is 12.7. The summed E-state index contributed by atoms with van der Waals surface area (Å²) in [4.78, 5) is 14.9. The molecular formula is C20H23NO3S. The number of phenolic OH excluding ortho intramolecular Hbond substituents is 1. The number of thiophene rings is 1. The third kappa shape index (κ3) is 2.44. The number of methoxy groups -OCH3 is 1. The molecule has 2 N–H and O–H groups in total. The lowest BCUT2D eigenvalue weighted by Gasteiger charge is -2.12. The van der Waals surface area contributed by atoms with Gasteiger partial charge in [0, 0.05) is 23.1 Å². The SMILES string of the molecule is COc1cc(O)ccc1CNC(=O)c1sc(C)c2c1C[C@@H]1[C@H]2C1(C)C. The van der Waals surface area contributed by atoms with Crippen molar-refractivity contribution in [1.29, 1.82) is 0 Å². The van der Waals surface area contributed by atoms with Crippen molar-refractivity contribution in [2.45, 2.75) is 39.7 Å². The van der Waals surface area contributed by atoms with Crippen molar-refractivity contribution in [1.82, 2.24) is 5.32 Å². The summed E-state index contributed by atoms with van der Waals surface area (Å²) in [7, 11) is 1.56. The van der Waals surface area contributed by atoms with Gasteiger partial charge in [-0.15, -0.1) is 11.3 Å². The Kier molecular flexibility index (Phi) is 3.62. The first-order chi connectivity index (χ1) is 11.8. The Labute approximate surface area is 151 Å². The van der Waals surface area contributed by atoms with Crippen LogP contribution in [-0.4, -0.2) is 18.1 Å². The predicted octanol–water partition coefficient (Wildman–Crippen LogP) is 4.00. The van der Waals surface area contributed by atoms with Crippen LogP contribution in [0.3, 0.4) is 0 Å². The fourth-order valence-electron chi connectivity index (χ4n) is 4.45. The first-order valence-electron chi connectivity index (χ1n) is 8.60. The average Bonchev–Trinajstić information content (AvgIpc) is 2.93. The number of carbonyl (C=O) groups excluding carboxylic acids is 1. The third-order valence-corrected chi connectivity index (χ3v) is 7.10. The van der Waals surface area contributed by atoms with Crippen molar-refractivity contribution >= 4 is 17.2 Å². The molecule has 2 aliphatic carbocycles. The van der Waals surface area contributed by atoms with Crippen LogP contribution in [-0.2, 0) is 13.0 Å². The van der Waals surface area contributed by atoms with Crippen LogP contribution in [0.4, 0.5) is 0 Å². The zero-order valence-electron chi connectivity index (χ0n) is 15.0. The van der Waals surface area contributed by atoms with Crippen LogP contribution in [0.25, 0.3) is 0 Å². The van der Waals surface area contributed by atoms with E-state index in [0.717, 1.165) is 16.9 Å². The summed E-state index contributed by atoms with van der Waals surface area (Å²) in [6, 6.07) is 4.94. The summed E-state index contributed by atoms with van der Waals surface area (Å²) in [5.74, 6) is 2.06. The van der Waals surface area contributed by atoms with Crippen LogP contribution in [0.5, 0.6) is 11.5 Å². The zero-order valence-corrected chi connectivity index (χ0v) is 15.8. The number of rotatable bonds is 4. The van der Waals surface area contributed by atoms with Crippen molar-refractivity contribution in [3.63, 3.8) is 0 Å². The van der Waals surface area contributed by atoms with Crippen molar-refractivity contribution in [2.24, 2.45) is 11.3 Å². The van der Waals surface area contributed by atoms with Gasteiger partial charge in [-0.1, -0.05) is 13.8 Å². The van der Waals surface area contributed by atoms with Gasteiger partial charge in [0.05, 0.1) is 12.0 Å². The Bertz CT molecular complexity index is 868. The second-order valence-electron chi connectivity index (χ2n) is 7.67. The minimum atomic E-state index is -0.0106. The molecule has 2 aromatic rings. The van der Waals surface area contributed by atoms with E-state index in [4.69, 9.17) is 4.74 Å². The summed E-state index contributed by atoms with van der Waals surface area (Å²) in [6.45, 7) is 7.19. The monoisotopic (exact) mass is 357 g/mol. The Morgan fingerprint density at radius 3 is 2.92 bits per heavy atom. The molecule has 4 rings (SSSR count). The largest absolute Gasteiger partial charge is 0.508 e. The number of nitrogens with one attached hydrogen (secondary N) is 1. The summed E-state index contributed by atoms with van der Waals surface area (Å²) in [5.41, 5.74) is 3.95. The Morgan fingerprint density at radius 1 is 1.44 bits per heavy atom. The molecule has 0 aliphatic heterocycles. The number of aryl methyl sites for hydroxylation is 1. The van der Waals surface area contributed by atoms with Gasteiger partial charge in [0.1, 0.15) is 11.5 Å². The Hall–Kier alpha value is -2.01. The van der Waals surface area contributed by atoms with Gasteiger partial charge in [0.25, 0.3) is 5.91 Å². The highest BCUT2D eigenvalue weighted by atomic mass is 32.1. The number of hydrogen-bond acceptors (Lipinski definition) is 4. The minimum absolute atomic E-state index is 0.0106. The summed E-state index contributed by atoms with van der Waals surface area (Å²) >= 11 is 1.62. The molecule has 132 valence electrons. The van der Waals surface area contributed by atoms with Gasteiger partial charge in [-0.05, 0) is 53.9 Å². The van der Waals surface area contributed by atoms with Crippen LogP contribution in [0.1, 0.15) is 51.0 Å². The maximum absolute atomic E-state index is 12.7. The summed E-state index contributed by atoms with van der Waals surface area (Å²) in [6.07, 6.45) is 1.03. The number of ether oxygens (including phenoxy) is 1.